The van der Waals surface area contributed by atoms with Crippen LogP contribution in [0, 0.1) is 10.8 Å². The van der Waals surface area contributed by atoms with E-state index in [-0.39, 0.29) is 39.5 Å². The summed E-state index contributed by atoms with van der Waals surface area (Å²) < 4.78 is 5.45. The molecule has 0 unspecified atom stereocenters. The van der Waals surface area contributed by atoms with Gasteiger partial charge in [0.1, 0.15) is 6.61 Å². The van der Waals surface area contributed by atoms with Crippen LogP contribution in [-0.4, -0.2) is 65.4 Å². The van der Waals surface area contributed by atoms with Gasteiger partial charge in [0, 0.05) is 6.61 Å². The molecule has 0 spiro atoms. The predicted molar refractivity (Wildman–Crippen MR) is 82.4 cm³/mol. The molecule has 1 atom stereocenters. The number of rotatable bonds is 15. The van der Waals surface area contributed by atoms with Crippen molar-refractivity contribution in [1.29, 1.82) is 0 Å². The van der Waals surface area contributed by atoms with Crippen LogP contribution >= 0.6 is 0 Å². The van der Waals surface area contributed by atoms with E-state index in [2.05, 4.69) is 14.7 Å². The lowest BCUT2D eigenvalue weighted by molar-refractivity contribution is -0.327. The molecule has 144 valence electrons. The van der Waals surface area contributed by atoms with E-state index in [1.54, 1.807) is 6.92 Å². The molecule has 0 heterocycles. The smallest absolute Gasteiger partial charge is 0.314 e. The molecule has 0 fully saturated rings. The van der Waals surface area contributed by atoms with E-state index in [4.69, 9.17) is 19.4 Å². The number of carbonyl (C=O) groups excluding carboxylic acids is 1. The highest BCUT2D eigenvalue weighted by Crippen LogP contribution is 2.28. The van der Waals surface area contributed by atoms with E-state index >= 15 is 0 Å². The molecule has 0 aliphatic carbocycles. The summed E-state index contributed by atoms with van der Waals surface area (Å²) in [5.74, 6) is -0.513. The number of hydrogen-bond donors (Lipinski definition) is 1. The molecule has 0 aliphatic heterocycles. The minimum atomic E-state index is -1.03. The zero-order valence-electron chi connectivity index (χ0n) is 15.2. The molecule has 24 heavy (non-hydrogen) atoms. The van der Waals surface area contributed by atoms with Crippen LogP contribution in [0.1, 0.15) is 26.7 Å². The zero-order chi connectivity index (χ0) is 18.5. The van der Waals surface area contributed by atoms with Gasteiger partial charge in [0.05, 0.1) is 52.0 Å². The van der Waals surface area contributed by atoms with E-state index in [1.165, 1.54) is 21.3 Å². The van der Waals surface area contributed by atoms with Gasteiger partial charge in [0.15, 0.2) is 0 Å². The monoisotopic (exact) mass is 354 g/mol. The van der Waals surface area contributed by atoms with Gasteiger partial charge in [-0.2, -0.15) is 0 Å². The highest BCUT2D eigenvalue weighted by molar-refractivity contribution is 5.76. The Morgan fingerprint density at radius 3 is 1.83 bits per heavy atom. The van der Waals surface area contributed by atoms with Gasteiger partial charge in [-0.1, -0.05) is 6.92 Å². The molecule has 0 aromatic heterocycles. The van der Waals surface area contributed by atoms with E-state index in [9.17, 15) is 9.90 Å². The Bertz CT molecular complexity index is 329. The molecule has 0 aromatic rings. The second-order valence-electron chi connectivity index (χ2n) is 5.75. The van der Waals surface area contributed by atoms with Crippen molar-refractivity contribution >= 4 is 5.97 Å². The first-order valence-corrected chi connectivity index (χ1v) is 7.68. The van der Waals surface area contributed by atoms with E-state index in [0.717, 1.165) is 0 Å². The number of esters is 1. The number of aliphatic hydroxyl groups is 1. The lowest BCUT2D eigenvalue weighted by atomic mass is 9.86. The van der Waals surface area contributed by atoms with Crippen molar-refractivity contribution in [3.05, 3.63) is 0 Å². The summed E-state index contributed by atoms with van der Waals surface area (Å²) in [6.07, 6.45) is 0.774. The van der Waals surface area contributed by atoms with Gasteiger partial charge in [0.25, 0.3) is 0 Å². The molecule has 0 radical (unpaired) electrons. The van der Waals surface area contributed by atoms with Crippen LogP contribution < -0.4 is 0 Å². The SMILES string of the molecule is CCC(COOC)(COOC)COC(=O)[C@](C)(CCO)COOC. The Kier molecular flexibility index (Phi) is 12.1. The highest BCUT2D eigenvalue weighted by atomic mass is 17.2. The van der Waals surface area contributed by atoms with Crippen molar-refractivity contribution in [3.8, 4) is 0 Å². The third kappa shape index (κ3) is 7.84. The molecule has 0 amide bonds. The van der Waals surface area contributed by atoms with Crippen LogP contribution in [0.25, 0.3) is 0 Å². The minimum Gasteiger partial charge on any atom is -0.464 e. The maximum Gasteiger partial charge on any atom is 0.314 e. The summed E-state index contributed by atoms with van der Waals surface area (Å²) in [6, 6.07) is 0. The summed E-state index contributed by atoms with van der Waals surface area (Å²) in [5, 5.41) is 9.18. The first-order chi connectivity index (χ1) is 11.4. The molecule has 0 aliphatic rings. The second kappa shape index (κ2) is 12.5. The standard InChI is InChI=1S/C15H30O9/c1-6-15(11-23-19-4,12-24-20-5)10-21-13(17)14(2,7-8-16)9-22-18-3/h16H,6-12H2,1-5H3/t14-/m1/s1. The van der Waals surface area contributed by atoms with Crippen LogP contribution in [-0.2, 0) is 38.9 Å². The quantitative estimate of drug-likeness (QED) is 0.262. The summed E-state index contributed by atoms with van der Waals surface area (Å²) in [5.41, 5.74) is -1.67. The molecule has 0 aromatic carbocycles. The lowest BCUT2D eigenvalue weighted by Gasteiger charge is -2.32. The molecular weight excluding hydrogens is 324 g/mol. The maximum absolute atomic E-state index is 12.5. The van der Waals surface area contributed by atoms with Crippen LogP contribution in [0.4, 0.5) is 0 Å². The van der Waals surface area contributed by atoms with Crippen molar-refractivity contribution in [2.45, 2.75) is 26.7 Å². The predicted octanol–water partition coefficient (Wildman–Crippen LogP) is 1.05. The van der Waals surface area contributed by atoms with Crippen molar-refractivity contribution in [2.75, 3.05) is 54.4 Å². The van der Waals surface area contributed by atoms with E-state index < -0.39 is 16.8 Å². The van der Waals surface area contributed by atoms with Crippen LogP contribution in [0.3, 0.4) is 0 Å². The van der Waals surface area contributed by atoms with Gasteiger partial charge in [-0.15, -0.1) is 0 Å². The fourth-order valence-corrected chi connectivity index (χ4v) is 1.86. The minimum absolute atomic E-state index is 0.0308. The topological polar surface area (TPSA) is 102 Å². The third-order valence-corrected chi connectivity index (χ3v) is 3.88. The first kappa shape index (κ1) is 23.2. The third-order valence-electron chi connectivity index (χ3n) is 3.88. The number of carbonyl (C=O) groups is 1. The van der Waals surface area contributed by atoms with Crippen molar-refractivity contribution in [2.24, 2.45) is 10.8 Å². The Morgan fingerprint density at radius 1 is 0.917 bits per heavy atom. The van der Waals surface area contributed by atoms with Crippen LogP contribution in [0.2, 0.25) is 0 Å². The zero-order valence-corrected chi connectivity index (χ0v) is 15.2. The summed E-state index contributed by atoms with van der Waals surface area (Å²) >= 11 is 0. The average Bonchev–Trinajstić information content (AvgIpc) is 2.59. The van der Waals surface area contributed by atoms with Gasteiger partial charge in [0.2, 0.25) is 0 Å². The van der Waals surface area contributed by atoms with Crippen molar-refractivity contribution in [1.82, 2.24) is 0 Å². The molecular formula is C15H30O9. The van der Waals surface area contributed by atoms with E-state index in [0.29, 0.717) is 6.42 Å². The molecule has 0 rings (SSSR count). The van der Waals surface area contributed by atoms with Crippen LogP contribution in [0.5, 0.6) is 0 Å². The summed E-state index contributed by atoms with van der Waals surface area (Å²) in [6.45, 7) is 3.66. The van der Waals surface area contributed by atoms with Gasteiger partial charge < -0.3 is 9.84 Å². The highest BCUT2D eigenvalue weighted by Gasteiger charge is 2.39. The molecule has 9 heteroatoms. The van der Waals surface area contributed by atoms with Crippen molar-refractivity contribution < 1.29 is 44.0 Å². The Balaban J connectivity index is 4.91. The maximum atomic E-state index is 12.5. The number of aliphatic hydroxyl groups excluding tert-OH is 1. The molecule has 0 saturated carbocycles. The fraction of sp³-hybridized carbons (Fsp3) is 0.933. The van der Waals surface area contributed by atoms with Crippen molar-refractivity contribution in [3.63, 3.8) is 0 Å². The van der Waals surface area contributed by atoms with Crippen LogP contribution in [0.15, 0.2) is 0 Å². The van der Waals surface area contributed by atoms with Gasteiger partial charge in [-0.05, 0) is 19.8 Å². The molecule has 0 saturated heterocycles. The van der Waals surface area contributed by atoms with Gasteiger partial charge in [-0.25, -0.2) is 29.3 Å². The summed E-state index contributed by atoms with van der Waals surface area (Å²) in [7, 11) is 4.13. The fourth-order valence-electron chi connectivity index (χ4n) is 1.86. The average molecular weight is 354 g/mol. The first-order valence-electron chi connectivity index (χ1n) is 7.68. The largest absolute Gasteiger partial charge is 0.464 e. The molecule has 0 bridgehead atoms. The summed E-state index contributed by atoms with van der Waals surface area (Å²) in [4.78, 5) is 41.1. The normalized spacial score (nSPS) is 14.4. The Morgan fingerprint density at radius 2 is 1.42 bits per heavy atom. The van der Waals surface area contributed by atoms with Gasteiger partial charge in [-0.3, -0.25) is 4.79 Å². The molecule has 1 N–H and O–H groups in total. The molecule has 9 nitrogen and oxygen atoms in total. The Labute approximate surface area is 142 Å². The second-order valence-corrected chi connectivity index (χ2v) is 5.75. The number of ether oxygens (including phenoxy) is 1. The van der Waals surface area contributed by atoms with E-state index in [1.807, 2.05) is 6.92 Å². The van der Waals surface area contributed by atoms with Gasteiger partial charge >= 0.3 is 5.97 Å². The number of hydrogen-bond acceptors (Lipinski definition) is 9. The Hall–Kier alpha value is -0.810. The lowest BCUT2D eigenvalue weighted by Crippen LogP contribution is -2.41.